The average molecular weight is 423 g/mol. The fourth-order valence-electron chi connectivity index (χ4n) is 4.60. The van der Waals surface area contributed by atoms with E-state index in [9.17, 15) is 4.79 Å². The van der Waals surface area contributed by atoms with Crippen LogP contribution in [0.25, 0.3) is 21.9 Å². The molecule has 0 spiro atoms. The first-order valence-electron chi connectivity index (χ1n) is 11.0. The van der Waals surface area contributed by atoms with E-state index < -0.39 is 6.09 Å². The van der Waals surface area contributed by atoms with Crippen LogP contribution in [0.2, 0.25) is 0 Å². The number of benzene rings is 4. The van der Waals surface area contributed by atoms with E-state index in [1.165, 1.54) is 33.0 Å². The van der Waals surface area contributed by atoms with Crippen LogP contribution >= 0.6 is 0 Å². The molecule has 0 saturated heterocycles. The van der Waals surface area contributed by atoms with E-state index in [0.29, 0.717) is 19.6 Å². The summed E-state index contributed by atoms with van der Waals surface area (Å²) in [6.45, 7) is 0.670. The Labute approximate surface area is 188 Å². The maximum absolute atomic E-state index is 12.4. The van der Waals surface area contributed by atoms with E-state index in [0.717, 1.165) is 5.56 Å². The van der Waals surface area contributed by atoms with Gasteiger partial charge in [0, 0.05) is 18.5 Å². The van der Waals surface area contributed by atoms with Gasteiger partial charge in [-0.15, -0.1) is 0 Å². The molecule has 0 heterocycles. The van der Waals surface area contributed by atoms with E-state index in [4.69, 9.17) is 10.5 Å². The monoisotopic (exact) mass is 422 g/mol. The van der Waals surface area contributed by atoms with Gasteiger partial charge in [0.05, 0.1) is 0 Å². The van der Waals surface area contributed by atoms with Gasteiger partial charge in [-0.2, -0.15) is 0 Å². The average Bonchev–Trinajstić information content (AvgIpc) is 3.15. The van der Waals surface area contributed by atoms with Crippen molar-refractivity contribution in [2.45, 2.75) is 18.4 Å². The van der Waals surface area contributed by atoms with Crippen molar-refractivity contribution in [3.63, 3.8) is 0 Å². The molecule has 5 rings (SSSR count). The van der Waals surface area contributed by atoms with Crippen LogP contribution in [0.3, 0.4) is 0 Å². The van der Waals surface area contributed by atoms with Crippen molar-refractivity contribution in [3.8, 4) is 11.1 Å². The van der Waals surface area contributed by atoms with E-state index in [2.05, 4.69) is 59.9 Å². The zero-order valence-electron chi connectivity index (χ0n) is 17.8. The van der Waals surface area contributed by atoms with Crippen LogP contribution in [0.4, 0.5) is 4.79 Å². The van der Waals surface area contributed by atoms with Crippen molar-refractivity contribution < 1.29 is 9.53 Å². The lowest BCUT2D eigenvalue weighted by Gasteiger charge is -2.16. The Morgan fingerprint density at radius 3 is 2.19 bits per heavy atom. The lowest BCUT2D eigenvalue weighted by molar-refractivity contribution is 0.142. The third kappa shape index (κ3) is 4.10. The SMILES string of the molecule is N[C@@H](CNC(=O)OCC1c2ccccc2-c2ccccc21)Cc1ccc2ccccc2c1. The van der Waals surface area contributed by atoms with Crippen LogP contribution in [0, 0.1) is 0 Å². The van der Waals surface area contributed by atoms with Crippen molar-refractivity contribution in [1.29, 1.82) is 0 Å². The van der Waals surface area contributed by atoms with Gasteiger partial charge in [0.25, 0.3) is 0 Å². The van der Waals surface area contributed by atoms with Gasteiger partial charge in [0.1, 0.15) is 6.61 Å². The highest BCUT2D eigenvalue weighted by Gasteiger charge is 2.29. The summed E-state index contributed by atoms with van der Waals surface area (Å²) in [7, 11) is 0. The molecule has 4 nitrogen and oxygen atoms in total. The van der Waals surface area contributed by atoms with Gasteiger partial charge < -0.3 is 15.8 Å². The van der Waals surface area contributed by atoms with Gasteiger partial charge in [-0.3, -0.25) is 0 Å². The molecule has 0 fully saturated rings. The summed E-state index contributed by atoms with van der Waals surface area (Å²) >= 11 is 0. The molecular formula is C28H26N2O2. The second-order valence-corrected chi connectivity index (χ2v) is 8.35. The van der Waals surface area contributed by atoms with Crippen LogP contribution < -0.4 is 11.1 Å². The Hall–Kier alpha value is -3.63. The fourth-order valence-corrected chi connectivity index (χ4v) is 4.60. The molecule has 4 heteroatoms. The molecule has 4 aromatic carbocycles. The van der Waals surface area contributed by atoms with Gasteiger partial charge in [-0.25, -0.2) is 4.79 Å². The summed E-state index contributed by atoms with van der Waals surface area (Å²) in [6, 6.07) is 31.1. The van der Waals surface area contributed by atoms with E-state index in [1.807, 2.05) is 36.4 Å². The van der Waals surface area contributed by atoms with Crippen molar-refractivity contribution in [1.82, 2.24) is 5.32 Å². The molecule has 4 aromatic rings. The highest BCUT2D eigenvalue weighted by Crippen LogP contribution is 2.44. The number of carbonyl (C=O) groups excluding carboxylic acids is 1. The summed E-state index contributed by atoms with van der Waals surface area (Å²) in [4.78, 5) is 12.4. The molecule has 0 saturated carbocycles. The molecule has 3 N–H and O–H groups in total. The number of carbonyl (C=O) groups is 1. The Morgan fingerprint density at radius 1 is 0.844 bits per heavy atom. The number of ether oxygens (including phenoxy) is 1. The first kappa shape index (κ1) is 20.3. The summed E-state index contributed by atoms with van der Waals surface area (Å²) in [5.74, 6) is 0.0550. The minimum Gasteiger partial charge on any atom is -0.449 e. The Kier molecular flexibility index (Phi) is 5.61. The zero-order valence-corrected chi connectivity index (χ0v) is 17.8. The summed E-state index contributed by atoms with van der Waals surface area (Å²) in [5, 5.41) is 5.23. The minimum absolute atomic E-state index is 0.0550. The Bertz CT molecular complexity index is 1220. The van der Waals surface area contributed by atoms with Crippen LogP contribution in [0.1, 0.15) is 22.6 Å². The number of rotatable bonds is 6. The minimum atomic E-state index is -0.430. The van der Waals surface area contributed by atoms with E-state index in [1.54, 1.807) is 0 Å². The molecule has 1 atom stereocenters. The van der Waals surface area contributed by atoms with Gasteiger partial charge >= 0.3 is 6.09 Å². The van der Waals surface area contributed by atoms with Gasteiger partial charge in [0.15, 0.2) is 0 Å². The highest BCUT2D eigenvalue weighted by molar-refractivity contribution is 5.83. The molecule has 0 aromatic heterocycles. The lowest BCUT2D eigenvalue weighted by Crippen LogP contribution is -2.39. The molecule has 0 bridgehead atoms. The normalized spacial score (nSPS) is 13.4. The maximum atomic E-state index is 12.4. The summed E-state index contributed by atoms with van der Waals surface area (Å²) in [5.41, 5.74) is 12.3. The van der Waals surface area contributed by atoms with Crippen LogP contribution in [0.5, 0.6) is 0 Å². The Balaban J connectivity index is 1.16. The predicted molar refractivity (Wildman–Crippen MR) is 129 cm³/mol. The number of nitrogens with one attached hydrogen (secondary N) is 1. The lowest BCUT2D eigenvalue weighted by atomic mass is 9.98. The molecule has 32 heavy (non-hydrogen) atoms. The molecule has 0 radical (unpaired) electrons. The van der Waals surface area contributed by atoms with Crippen molar-refractivity contribution in [2.75, 3.05) is 13.2 Å². The van der Waals surface area contributed by atoms with Crippen molar-refractivity contribution in [2.24, 2.45) is 5.73 Å². The molecule has 1 aliphatic rings. The molecule has 0 unspecified atom stereocenters. The first-order valence-corrected chi connectivity index (χ1v) is 11.0. The third-order valence-electron chi connectivity index (χ3n) is 6.16. The zero-order chi connectivity index (χ0) is 21.9. The molecular weight excluding hydrogens is 396 g/mol. The third-order valence-corrected chi connectivity index (χ3v) is 6.16. The number of hydrogen-bond acceptors (Lipinski definition) is 3. The molecule has 160 valence electrons. The first-order chi connectivity index (χ1) is 15.7. The van der Waals surface area contributed by atoms with Crippen molar-refractivity contribution in [3.05, 3.63) is 108 Å². The standard InChI is InChI=1S/C28H26N2O2/c29-22(16-19-13-14-20-7-1-2-8-21(20)15-19)17-30-28(31)32-18-27-25-11-5-3-9-23(25)24-10-4-6-12-26(24)27/h1-15,22,27H,16-18,29H2,(H,30,31)/t22-/m1/s1. The highest BCUT2D eigenvalue weighted by atomic mass is 16.5. The number of fused-ring (bicyclic) bond motifs is 4. The van der Waals surface area contributed by atoms with Gasteiger partial charge in [0.2, 0.25) is 0 Å². The molecule has 0 aliphatic heterocycles. The van der Waals surface area contributed by atoms with Crippen molar-refractivity contribution >= 4 is 16.9 Å². The summed E-state index contributed by atoms with van der Waals surface area (Å²) in [6.07, 6.45) is 0.259. The second kappa shape index (κ2) is 8.85. The fraction of sp³-hybridized carbons (Fsp3) is 0.179. The number of nitrogens with two attached hydrogens (primary N) is 1. The van der Waals surface area contributed by atoms with Gasteiger partial charge in [-0.05, 0) is 45.0 Å². The quantitative estimate of drug-likeness (QED) is 0.446. The topological polar surface area (TPSA) is 64.3 Å². The maximum Gasteiger partial charge on any atom is 0.407 e. The van der Waals surface area contributed by atoms with Crippen LogP contribution in [0.15, 0.2) is 91.0 Å². The number of amides is 1. The number of alkyl carbamates (subject to hydrolysis) is 1. The van der Waals surface area contributed by atoms with Crippen LogP contribution in [-0.2, 0) is 11.2 Å². The summed E-state index contributed by atoms with van der Waals surface area (Å²) < 4.78 is 5.59. The van der Waals surface area contributed by atoms with E-state index in [-0.39, 0.29) is 12.0 Å². The molecule has 1 amide bonds. The second-order valence-electron chi connectivity index (χ2n) is 8.35. The smallest absolute Gasteiger partial charge is 0.407 e. The molecule has 1 aliphatic carbocycles. The Morgan fingerprint density at radius 2 is 1.47 bits per heavy atom. The predicted octanol–water partition coefficient (Wildman–Crippen LogP) is 5.25. The van der Waals surface area contributed by atoms with E-state index >= 15 is 0 Å². The number of hydrogen-bond donors (Lipinski definition) is 2. The van der Waals surface area contributed by atoms with Gasteiger partial charge in [-0.1, -0.05) is 91.0 Å². The largest absolute Gasteiger partial charge is 0.449 e. The van der Waals surface area contributed by atoms with Crippen LogP contribution in [-0.4, -0.2) is 25.3 Å².